The van der Waals surface area contributed by atoms with Crippen LogP contribution in [0.3, 0.4) is 0 Å². The van der Waals surface area contributed by atoms with E-state index < -0.39 is 0 Å². The van der Waals surface area contributed by atoms with Gasteiger partial charge in [0.25, 0.3) is 0 Å². The molecule has 0 bridgehead atoms. The lowest BCUT2D eigenvalue weighted by Crippen LogP contribution is -2.42. The van der Waals surface area contributed by atoms with E-state index in [-0.39, 0.29) is 23.6 Å². The van der Waals surface area contributed by atoms with E-state index in [1.807, 2.05) is 19.9 Å². The maximum Gasteiger partial charge on any atom is 0.219 e. The SMILES string of the molecule is COc1ccc(CNC(C)(C)CC(N)=O)cc1O. The quantitative estimate of drug-likeness (QED) is 0.709. The number of rotatable bonds is 6. The van der Waals surface area contributed by atoms with Crippen molar-refractivity contribution >= 4 is 5.91 Å². The van der Waals surface area contributed by atoms with Crippen LogP contribution in [0.25, 0.3) is 0 Å². The van der Waals surface area contributed by atoms with Gasteiger partial charge in [-0.25, -0.2) is 0 Å². The molecular formula is C13H20N2O3. The number of carbonyl (C=O) groups excluding carboxylic acids is 1. The summed E-state index contributed by atoms with van der Waals surface area (Å²) < 4.78 is 4.97. The van der Waals surface area contributed by atoms with E-state index in [0.717, 1.165) is 5.56 Å². The second kappa shape index (κ2) is 5.73. The van der Waals surface area contributed by atoms with Gasteiger partial charge < -0.3 is 20.9 Å². The average molecular weight is 252 g/mol. The van der Waals surface area contributed by atoms with E-state index in [0.29, 0.717) is 12.3 Å². The van der Waals surface area contributed by atoms with Crippen LogP contribution in [-0.4, -0.2) is 23.7 Å². The van der Waals surface area contributed by atoms with Crippen molar-refractivity contribution in [3.63, 3.8) is 0 Å². The summed E-state index contributed by atoms with van der Waals surface area (Å²) in [5.74, 6) is 0.199. The summed E-state index contributed by atoms with van der Waals surface area (Å²) in [6, 6.07) is 5.19. The molecular weight excluding hydrogens is 232 g/mol. The standard InChI is InChI=1S/C13H20N2O3/c1-13(2,7-12(14)17)15-8-9-4-5-11(18-3)10(16)6-9/h4-6,15-16H,7-8H2,1-3H3,(H2,14,17). The van der Waals surface area contributed by atoms with E-state index in [9.17, 15) is 9.90 Å². The lowest BCUT2D eigenvalue weighted by Gasteiger charge is -2.25. The van der Waals surface area contributed by atoms with Gasteiger partial charge in [-0.15, -0.1) is 0 Å². The van der Waals surface area contributed by atoms with E-state index in [2.05, 4.69) is 5.32 Å². The van der Waals surface area contributed by atoms with Crippen molar-refractivity contribution < 1.29 is 14.6 Å². The average Bonchev–Trinajstić information content (AvgIpc) is 2.25. The van der Waals surface area contributed by atoms with Crippen LogP contribution in [0.2, 0.25) is 0 Å². The minimum absolute atomic E-state index is 0.101. The zero-order chi connectivity index (χ0) is 13.8. The molecule has 4 N–H and O–H groups in total. The molecule has 0 spiro atoms. The summed E-state index contributed by atoms with van der Waals surface area (Å²) in [4.78, 5) is 10.9. The van der Waals surface area contributed by atoms with Crippen molar-refractivity contribution in [3.8, 4) is 11.5 Å². The van der Waals surface area contributed by atoms with E-state index in [1.54, 1.807) is 12.1 Å². The molecule has 0 fully saturated rings. The van der Waals surface area contributed by atoms with E-state index in [4.69, 9.17) is 10.5 Å². The first-order valence-electron chi connectivity index (χ1n) is 5.73. The molecule has 0 aromatic heterocycles. The highest BCUT2D eigenvalue weighted by molar-refractivity contribution is 5.75. The van der Waals surface area contributed by atoms with Crippen LogP contribution in [0.4, 0.5) is 0 Å². The number of phenolic OH excluding ortho intramolecular Hbond substituents is 1. The van der Waals surface area contributed by atoms with Crippen molar-refractivity contribution in [2.24, 2.45) is 5.73 Å². The number of phenols is 1. The Morgan fingerprint density at radius 3 is 2.67 bits per heavy atom. The molecule has 0 aliphatic rings. The Kier molecular flexibility index (Phi) is 4.55. The molecule has 1 aromatic carbocycles. The van der Waals surface area contributed by atoms with Gasteiger partial charge in [-0.3, -0.25) is 4.79 Å². The van der Waals surface area contributed by atoms with Gasteiger partial charge in [0.2, 0.25) is 5.91 Å². The molecule has 0 radical (unpaired) electrons. The third-order valence-corrected chi connectivity index (χ3v) is 2.63. The molecule has 0 saturated carbocycles. The van der Waals surface area contributed by atoms with Crippen molar-refractivity contribution in [3.05, 3.63) is 23.8 Å². The minimum Gasteiger partial charge on any atom is -0.504 e. The van der Waals surface area contributed by atoms with Crippen LogP contribution in [0.1, 0.15) is 25.8 Å². The summed E-state index contributed by atoms with van der Waals surface area (Å²) in [6.45, 7) is 4.35. The number of nitrogens with two attached hydrogens (primary N) is 1. The van der Waals surface area contributed by atoms with Crippen molar-refractivity contribution in [1.82, 2.24) is 5.32 Å². The molecule has 0 aliphatic heterocycles. The number of aromatic hydroxyl groups is 1. The molecule has 0 atom stereocenters. The predicted octanol–water partition coefficient (Wildman–Crippen LogP) is 1.14. The molecule has 0 unspecified atom stereocenters. The van der Waals surface area contributed by atoms with Crippen molar-refractivity contribution in [1.29, 1.82) is 0 Å². The first-order chi connectivity index (χ1) is 8.34. The first kappa shape index (κ1) is 14.3. The number of primary amides is 1. The number of carbonyl (C=O) groups is 1. The van der Waals surface area contributed by atoms with Gasteiger partial charge in [-0.1, -0.05) is 6.07 Å². The second-order valence-corrected chi connectivity index (χ2v) is 4.89. The Bertz CT molecular complexity index is 430. The largest absolute Gasteiger partial charge is 0.504 e. The van der Waals surface area contributed by atoms with Gasteiger partial charge in [0.1, 0.15) is 0 Å². The molecule has 18 heavy (non-hydrogen) atoms. The number of hydrogen-bond acceptors (Lipinski definition) is 4. The Balaban J connectivity index is 2.63. The Hall–Kier alpha value is -1.75. The molecule has 1 aromatic rings. The lowest BCUT2D eigenvalue weighted by atomic mass is 10.00. The van der Waals surface area contributed by atoms with Crippen LogP contribution in [0, 0.1) is 0 Å². The van der Waals surface area contributed by atoms with Gasteiger partial charge in [0.15, 0.2) is 11.5 Å². The summed E-state index contributed by atoms with van der Waals surface area (Å²) in [5.41, 5.74) is 5.71. The van der Waals surface area contributed by atoms with Gasteiger partial charge in [-0.2, -0.15) is 0 Å². The number of nitrogens with one attached hydrogen (secondary N) is 1. The topological polar surface area (TPSA) is 84.6 Å². The summed E-state index contributed by atoms with van der Waals surface area (Å²) in [7, 11) is 1.50. The Morgan fingerprint density at radius 1 is 1.50 bits per heavy atom. The summed E-state index contributed by atoms with van der Waals surface area (Å²) in [6.07, 6.45) is 0.259. The van der Waals surface area contributed by atoms with E-state index in [1.165, 1.54) is 7.11 Å². The molecule has 1 rings (SSSR count). The third kappa shape index (κ3) is 4.25. The van der Waals surface area contributed by atoms with Gasteiger partial charge >= 0.3 is 0 Å². The van der Waals surface area contributed by atoms with Gasteiger partial charge in [0.05, 0.1) is 7.11 Å². The predicted molar refractivity (Wildman–Crippen MR) is 69.4 cm³/mol. The fourth-order valence-electron chi connectivity index (χ4n) is 1.68. The molecule has 0 saturated heterocycles. The van der Waals surface area contributed by atoms with Gasteiger partial charge in [0, 0.05) is 18.5 Å². The first-order valence-corrected chi connectivity index (χ1v) is 5.73. The van der Waals surface area contributed by atoms with Crippen LogP contribution in [-0.2, 0) is 11.3 Å². The van der Waals surface area contributed by atoms with Crippen LogP contribution in [0.15, 0.2) is 18.2 Å². The highest BCUT2D eigenvalue weighted by Gasteiger charge is 2.19. The molecule has 0 heterocycles. The Labute approximate surface area is 107 Å². The van der Waals surface area contributed by atoms with E-state index >= 15 is 0 Å². The zero-order valence-corrected chi connectivity index (χ0v) is 11.0. The fraction of sp³-hybridized carbons (Fsp3) is 0.462. The van der Waals surface area contributed by atoms with Crippen LogP contribution >= 0.6 is 0 Å². The molecule has 1 amide bonds. The second-order valence-electron chi connectivity index (χ2n) is 4.89. The maximum absolute atomic E-state index is 10.9. The third-order valence-electron chi connectivity index (χ3n) is 2.63. The Morgan fingerprint density at radius 2 is 2.17 bits per heavy atom. The lowest BCUT2D eigenvalue weighted by molar-refractivity contribution is -0.119. The molecule has 5 heteroatoms. The molecule has 5 nitrogen and oxygen atoms in total. The number of methoxy groups -OCH3 is 1. The number of amides is 1. The number of benzene rings is 1. The van der Waals surface area contributed by atoms with Gasteiger partial charge in [-0.05, 0) is 31.5 Å². The van der Waals surface area contributed by atoms with Crippen molar-refractivity contribution in [2.45, 2.75) is 32.4 Å². The summed E-state index contributed by atoms with van der Waals surface area (Å²) in [5, 5.41) is 12.9. The highest BCUT2D eigenvalue weighted by Crippen LogP contribution is 2.26. The molecule has 0 aliphatic carbocycles. The smallest absolute Gasteiger partial charge is 0.219 e. The maximum atomic E-state index is 10.9. The van der Waals surface area contributed by atoms with Crippen LogP contribution < -0.4 is 15.8 Å². The van der Waals surface area contributed by atoms with Crippen LogP contribution in [0.5, 0.6) is 11.5 Å². The molecule has 100 valence electrons. The summed E-state index contributed by atoms with van der Waals surface area (Å²) >= 11 is 0. The minimum atomic E-state index is -0.374. The number of hydrogen-bond donors (Lipinski definition) is 3. The van der Waals surface area contributed by atoms with Crippen molar-refractivity contribution in [2.75, 3.05) is 7.11 Å². The highest BCUT2D eigenvalue weighted by atomic mass is 16.5. The monoisotopic (exact) mass is 252 g/mol. The normalized spacial score (nSPS) is 11.3. The zero-order valence-electron chi connectivity index (χ0n) is 11.0. The number of ether oxygens (including phenoxy) is 1. The fourth-order valence-corrected chi connectivity index (χ4v) is 1.68.